The van der Waals surface area contributed by atoms with Crippen molar-refractivity contribution in [3.8, 4) is 11.5 Å². The zero-order valence-electron chi connectivity index (χ0n) is 23.2. The van der Waals surface area contributed by atoms with Crippen molar-refractivity contribution in [2.45, 2.75) is 45.4 Å². The summed E-state index contributed by atoms with van der Waals surface area (Å²) in [5, 5.41) is 0. The number of benzene rings is 4. The Morgan fingerprint density at radius 3 is 1.80 bits per heavy atom. The van der Waals surface area contributed by atoms with Gasteiger partial charge in [0.05, 0.1) is 0 Å². The number of esters is 1. The number of hydrogen-bond acceptors (Lipinski definition) is 6. The minimum Gasteiger partial charge on any atom is -0.489 e. The second kappa shape index (κ2) is 14.9. The second-order valence-corrected chi connectivity index (χ2v) is 9.46. The highest BCUT2D eigenvalue weighted by atomic mass is 16.7. The van der Waals surface area contributed by atoms with Gasteiger partial charge in [-0.1, -0.05) is 78.9 Å². The first kappa shape index (κ1) is 28.9. The van der Waals surface area contributed by atoms with E-state index in [1.165, 1.54) is 6.92 Å². The largest absolute Gasteiger partial charge is 0.489 e. The molecule has 208 valence electrons. The summed E-state index contributed by atoms with van der Waals surface area (Å²) in [6.45, 7) is 2.35. The third-order valence-corrected chi connectivity index (χ3v) is 6.50. The molecular weight excluding hydrogens is 504 g/mol. The molecule has 0 saturated carbocycles. The third kappa shape index (κ3) is 8.70. The molecule has 4 rings (SSSR count). The average molecular weight is 541 g/mol. The Hall–Kier alpha value is -4.13. The van der Waals surface area contributed by atoms with Crippen molar-refractivity contribution < 1.29 is 28.5 Å². The van der Waals surface area contributed by atoms with E-state index in [4.69, 9.17) is 23.7 Å². The van der Waals surface area contributed by atoms with Gasteiger partial charge in [-0.25, -0.2) is 0 Å². The van der Waals surface area contributed by atoms with Gasteiger partial charge in [-0.3, -0.25) is 4.79 Å². The maximum absolute atomic E-state index is 12.2. The summed E-state index contributed by atoms with van der Waals surface area (Å²) in [6.07, 6.45) is -0.0439. The van der Waals surface area contributed by atoms with Gasteiger partial charge in [0.25, 0.3) is 0 Å². The molecule has 40 heavy (non-hydrogen) atoms. The first-order valence-electron chi connectivity index (χ1n) is 13.3. The number of ether oxygens (including phenoxy) is 5. The molecule has 6 nitrogen and oxygen atoms in total. The van der Waals surface area contributed by atoms with Crippen molar-refractivity contribution >= 4 is 5.97 Å². The molecule has 0 aliphatic heterocycles. The van der Waals surface area contributed by atoms with Crippen LogP contribution in [-0.4, -0.2) is 26.5 Å². The molecule has 0 heterocycles. The highest BCUT2D eigenvalue weighted by molar-refractivity contribution is 5.66. The first-order valence-corrected chi connectivity index (χ1v) is 13.3. The number of carbonyl (C=O) groups is 1. The molecule has 6 heteroatoms. The van der Waals surface area contributed by atoms with Gasteiger partial charge in [-0.2, -0.15) is 0 Å². The Morgan fingerprint density at radius 2 is 1.23 bits per heavy atom. The van der Waals surface area contributed by atoms with Gasteiger partial charge >= 0.3 is 5.97 Å². The fraction of sp³-hybridized carbons (Fsp3) is 0.265. The molecule has 4 aromatic carbocycles. The summed E-state index contributed by atoms with van der Waals surface area (Å²) in [4.78, 5) is 12.2. The van der Waals surface area contributed by atoms with E-state index in [1.54, 1.807) is 14.2 Å². The van der Waals surface area contributed by atoms with Gasteiger partial charge in [0.2, 0.25) is 0 Å². The lowest BCUT2D eigenvalue weighted by Gasteiger charge is -2.23. The van der Waals surface area contributed by atoms with Crippen LogP contribution in [0.2, 0.25) is 0 Å². The van der Waals surface area contributed by atoms with Gasteiger partial charge in [-0.15, -0.1) is 0 Å². The van der Waals surface area contributed by atoms with Gasteiger partial charge in [0, 0.05) is 34.0 Å². The van der Waals surface area contributed by atoms with Gasteiger partial charge in [-0.05, 0) is 52.1 Å². The van der Waals surface area contributed by atoms with Crippen molar-refractivity contribution in [1.29, 1.82) is 0 Å². The molecule has 0 spiro atoms. The Morgan fingerprint density at radius 1 is 0.650 bits per heavy atom. The number of hydrogen-bond donors (Lipinski definition) is 0. The monoisotopic (exact) mass is 540 g/mol. The Kier molecular flexibility index (Phi) is 10.7. The highest BCUT2D eigenvalue weighted by Crippen LogP contribution is 2.31. The zero-order valence-corrected chi connectivity index (χ0v) is 23.2. The van der Waals surface area contributed by atoms with Crippen molar-refractivity contribution in [3.05, 3.63) is 131 Å². The second-order valence-electron chi connectivity index (χ2n) is 9.46. The van der Waals surface area contributed by atoms with Gasteiger partial charge < -0.3 is 23.7 Å². The lowest BCUT2D eigenvalue weighted by atomic mass is 9.94. The maximum atomic E-state index is 12.2. The molecule has 0 unspecified atom stereocenters. The molecule has 0 N–H and O–H groups in total. The normalized spacial score (nSPS) is 11.7. The SMILES string of the molecule is COC(Cc1cc(OCc2ccccc2)ccc1[C@@H](Cc1cccc(OCc2ccccc2)c1)OC(C)=O)OC. The molecule has 0 fully saturated rings. The quantitative estimate of drug-likeness (QED) is 0.129. The molecule has 0 aliphatic carbocycles. The Labute approximate surface area is 236 Å². The topological polar surface area (TPSA) is 63.2 Å². The van der Waals surface area contributed by atoms with Crippen LogP contribution < -0.4 is 9.47 Å². The summed E-state index contributed by atoms with van der Waals surface area (Å²) >= 11 is 0. The van der Waals surface area contributed by atoms with Gasteiger partial charge in [0.1, 0.15) is 30.8 Å². The molecular formula is C34H36O6. The number of methoxy groups -OCH3 is 2. The lowest BCUT2D eigenvalue weighted by Crippen LogP contribution is -2.20. The zero-order chi connectivity index (χ0) is 28.2. The van der Waals surface area contributed by atoms with E-state index in [0.717, 1.165) is 33.6 Å². The summed E-state index contributed by atoms with van der Waals surface area (Å²) in [7, 11) is 3.21. The van der Waals surface area contributed by atoms with Crippen molar-refractivity contribution in [3.63, 3.8) is 0 Å². The molecule has 0 saturated heterocycles. The van der Waals surface area contributed by atoms with Crippen LogP contribution in [0.25, 0.3) is 0 Å². The minimum absolute atomic E-state index is 0.355. The molecule has 0 amide bonds. The van der Waals surface area contributed by atoms with E-state index < -0.39 is 12.4 Å². The summed E-state index contributed by atoms with van der Waals surface area (Å²) in [6, 6.07) is 33.7. The smallest absolute Gasteiger partial charge is 0.303 e. The van der Waals surface area contributed by atoms with E-state index in [9.17, 15) is 4.79 Å². The van der Waals surface area contributed by atoms with Crippen molar-refractivity contribution in [2.75, 3.05) is 14.2 Å². The average Bonchev–Trinajstić information content (AvgIpc) is 2.98. The van der Waals surface area contributed by atoms with Crippen LogP contribution in [0.15, 0.2) is 103 Å². The highest BCUT2D eigenvalue weighted by Gasteiger charge is 2.22. The fourth-order valence-electron chi connectivity index (χ4n) is 4.48. The van der Waals surface area contributed by atoms with Crippen molar-refractivity contribution in [2.24, 2.45) is 0 Å². The predicted octanol–water partition coefficient (Wildman–Crippen LogP) is 6.85. The molecule has 0 bridgehead atoms. The van der Waals surface area contributed by atoms with Crippen LogP contribution in [0.1, 0.15) is 40.8 Å². The fourth-order valence-corrected chi connectivity index (χ4v) is 4.48. The van der Waals surface area contributed by atoms with Gasteiger partial charge in [0.15, 0.2) is 6.29 Å². The van der Waals surface area contributed by atoms with Crippen molar-refractivity contribution in [1.82, 2.24) is 0 Å². The number of rotatable bonds is 14. The molecule has 1 atom stereocenters. The summed E-state index contributed by atoms with van der Waals surface area (Å²) in [5.74, 6) is 1.12. The van der Waals surface area contributed by atoms with E-state index >= 15 is 0 Å². The third-order valence-electron chi connectivity index (χ3n) is 6.50. The van der Waals surface area contributed by atoms with Crippen LogP contribution in [0, 0.1) is 0 Å². The van der Waals surface area contributed by atoms with Crippen LogP contribution in [0.3, 0.4) is 0 Å². The van der Waals surface area contributed by atoms with E-state index in [1.807, 2.05) is 103 Å². The molecule has 0 aromatic heterocycles. The summed E-state index contributed by atoms with van der Waals surface area (Å²) < 4.78 is 29.0. The van der Waals surface area contributed by atoms with E-state index in [-0.39, 0.29) is 5.97 Å². The molecule has 0 radical (unpaired) electrons. The van der Waals surface area contributed by atoms with Crippen LogP contribution in [0.4, 0.5) is 0 Å². The Balaban J connectivity index is 1.57. The van der Waals surface area contributed by atoms with E-state index in [2.05, 4.69) is 0 Å². The lowest BCUT2D eigenvalue weighted by molar-refractivity contribution is -0.146. The minimum atomic E-state index is -0.519. The summed E-state index contributed by atoms with van der Waals surface area (Å²) in [5.41, 5.74) is 4.95. The molecule has 0 aliphatic rings. The van der Waals surface area contributed by atoms with Crippen LogP contribution in [0.5, 0.6) is 11.5 Å². The first-order chi connectivity index (χ1) is 19.5. The number of carbonyl (C=O) groups excluding carboxylic acids is 1. The Bertz CT molecular complexity index is 1340. The standard InChI is InChI=1S/C34H36O6/c1-25(35)40-33(20-28-15-10-16-30(19-28)38-23-26-11-6-4-7-12-26)32-18-17-31(21-29(32)22-34(36-2)37-3)39-24-27-13-8-5-9-14-27/h4-19,21,33-34H,20,22-24H2,1-3H3/t33-/m1/s1. The van der Waals surface area contributed by atoms with Crippen LogP contribution in [-0.2, 0) is 45.1 Å². The molecule has 4 aromatic rings. The maximum Gasteiger partial charge on any atom is 0.303 e. The predicted molar refractivity (Wildman–Crippen MR) is 154 cm³/mol. The van der Waals surface area contributed by atoms with E-state index in [0.29, 0.717) is 31.8 Å². The van der Waals surface area contributed by atoms with Crippen LogP contribution >= 0.6 is 0 Å².